The fourth-order valence-corrected chi connectivity index (χ4v) is 5.21. The number of carboxylic acid groups (broad SMARTS) is 1. The number of amides is 1. The highest BCUT2D eigenvalue weighted by Gasteiger charge is 2.48. The van der Waals surface area contributed by atoms with Crippen LogP contribution in [-0.2, 0) is 15.8 Å². The predicted molar refractivity (Wildman–Crippen MR) is 108 cm³/mol. The number of nitrogens with one attached hydrogen (secondary N) is 3. The number of carbonyl (C=O) groups is 1. The molecule has 1 fully saturated rings. The lowest BCUT2D eigenvalue weighted by Crippen LogP contribution is -2.57. The molecule has 31 heavy (non-hydrogen) atoms. The van der Waals surface area contributed by atoms with E-state index in [0.717, 1.165) is 17.8 Å². The maximum absolute atomic E-state index is 13.9. The van der Waals surface area contributed by atoms with Crippen LogP contribution < -0.4 is 20.1 Å². The molecule has 1 aromatic heterocycles. The standard InChI is InChI=1S/C17H19F2N5O5S2/c1-29-13-7-12(24-31(27,28)17(23-16(25)26)5-6-20-9-17)21-15(22-13)30-8-10-3-2-4-11(18)14(10)19/h2-4,7,20,23H,5-6,8-9H2,1H3,(H,25,26)(H,21,22,24)/t17-/m0/s1. The largest absolute Gasteiger partial charge is 0.481 e. The van der Waals surface area contributed by atoms with Gasteiger partial charge in [0.1, 0.15) is 5.82 Å². The summed E-state index contributed by atoms with van der Waals surface area (Å²) in [7, 11) is -2.94. The normalized spacial score (nSPS) is 18.5. The quantitative estimate of drug-likeness (QED) is 0.332. The molecule has 1 aliphatic rings. The first-order chi connectivity index (χ1) is 14.7. The van der Waals surface area contributed by atoms with E-state index in [2.05, 4.69) is 25.3 Å². The Hall–Kier alpha value is -2.71. The van der Waals surface area contributed by atoms with Crippen LogP contribution in [0.25, 0.3) is 0 Å². The van der Waals surface area contributed by atoms with Crippen molar-refractivity contribution >= 4 is 33.7 Å². The van der Waals surface area contributed by atoms with Crippen LogP contribution >= 0.6 is 11.8 Å². The molecular formula is C17H19F2N5O5S2. The maximum atomic E-state index is 13.9. The number of anilines is 1. The van der Waals surface area contributed by atoms with Crippen LogP contribution in [0.4, 0.5) is 19.4 Å². The first-order valence-electron chi connectivity index (χ1n) is 8.89. The van der Waals surface area contributed by atoms with E-state index in [1.165, 1.54) is 25.3 Å². The molecule has 0 saturated carbocycles. The number of rotatable bonds is 8. The highest BCUT2D eigenvalue weighted by Crippen LogP contribution is 2.28. The lowest BCUT2D eigenvalue weighted by Gasteiger charge is -2.28. The highest BCUT2D eigenvalue weighted by atomic mass is 32.2. The van der Waals surface area contributed by atoms with E-state index >= 15 is 0 Å². The number of halogens is 2. The predicted octanol–water partition coefficient (Wildman–Crippen LogP) is 1.75. The van der Waals surface area contributed by atoms with Crippen LogP contribution in [0.1, 0.15) is 12.0 Å². The molecule has 1 saturated heterocycles. The number of ether oxygens (including phenoxy) is 1. The van der Waals surface area contributed by atoms with Crippen molar-refractivity contribution in [3.63, 3.8) is 0 Å². The molecule has 10 nitrogen and oxygen atoms in total. The van der Waals surface area contributed by atoms with E-state index < -0.39 is 32.6 Å². The SMILES string of the molecule is COc1cc(NS(=O)(=O)[C@@]2(NC(=O)O)CCNC2)nc(SCc2cccc(F)c2F)n1. The van der Waals surface area contributed by atoms with Gasteiger partial charge in [0.15, 0.2) is 21.7 Å². The molecule has 1 aromatic carbocycles. The minimum Gasteiger partial charge on any atom is -0.481 e. The molecule has 3 rings (SSSR count). The van der Waals surface area contributed by atoms with E-state index in [9.17, 15) is 22.0 Å². The van der Waals surface area contributed by atoms with Gasteiger partial charge in [0, 0.05) is 30.3 Å². The number of hydrogen-bond donors (Lipinski definition) is 4. The second-order valence-corrected chi connectivity index (χ2v) is 9.47. The molecule has 1 aliphatic heterocycles. The van der Waals surface area contributed by atoms with E-state index in [1.807, 2.05) is 0 Å². The maximum Gasteiger partial charge on any atom is 0.406 e. The van der Waals surface area contributed by atoms with Gasteiger partial charge in [-0.25, -0.2) is 27.0 Å². The van der Waals surface area contributed by atoms with Gasteiger partial charge in [0.05, 0.1) is 7.11 Å². The highest BCUT2D eigenvalue weighted by molar-refractivity contribution is 7.98. The lowest BCUT2D eigenvalue weighted by atomic mass is 10.2. The van der Waals surface area contributed by atoms with Crippen molar-refractivity contribution < 1.29 is 31.8 Å². The lowest BCUT2D eigenvalue weighted by molar-refractivity contribution is 0.187. The number of methoxy groups -OCH3 is 1. The van der Waals surface area contributed by atoms with Gasteiger partial charge in [-0.05, 0) is 12.6 Å². The number of benzene rings is 1. The molecule has 0 spiro atoms. The second kappa shape index (κ2) is 9.20. The van der Waals surface area contributed by atoms with E-state index in [0.29, 0.717) is 6.54 Å². The Morgan fingerprint density at radius 2 is 2.16 bits per heavy atom. The molecule has 2 aromatic rings. The minimum absolute atomic E-state index is 0.0112. The Balaban J connectivity index is 1.84. The summed E-state index contributed by atoms with van der Waals surface area (Å²) in [6, 6.07) is 4.99. The van der Waals surface area contributed by atoms with Gasteiger partial charge in [-0.2, -0.15) is 4.98 Å². The van der Waals surface area contributed by atoms with Crippen molar-refractivity contribution in [2.75, 3.05) is 24.9 Å². The van der Waals surface area contributed by atoms with Crippen molar-refractivity contribution in [1.29, 1.82) is 0 Å². The molecule has 0 unspecified atom stereocenters. The van der Waals surface area contributed by atoms with Gasteiger partial charge < -0.3 is 15.2 Å². The van der Waals surface area contributed by atoms with Crippen molar-refractivity contribution in [2.45, 2.75) is 22.2 Å². The van der Waals surface area contributed by atoms with Crippen LogP contribution in [0.15, 0.2) is 29.4 Å². The molecule has 0 radical (unpaired) electrons. The van der Waals surface area contributed by atoms with Crippen molar-refractivity contribution in [1.82, 2.24) is 20.6 Å². The van der Waals surface area contributed by atoms with Gasteiger partial charge in [-0.1, -0.05) is 23.9 Å². The molecule has 0 bridgehead atoms. The Bertz CT molecular complexity index is 1080. The van der Waals surface area contributed by atoms with Crippen LogP contribution in [-0.4, -0.2) is 54.7 Å². The summed E-state index contributed by atoms with van der Waals surface area (Å²) in [4.78, 5) is 17.5. The van der Waals surface area contributed by atoms with E-state index in [4.69, 9.17) is 9.84 Å². The average molecular weight is 475 g/mol. The summed E-state index contributed by atoms with van der Waals surface area (Å²) in [5.41, 5.74) is 0.0835. The topological polar surface area (TPSA) is 143 Å². The van der Waals surface area contributed by atoms with E-state index in [1.54, 1.807) is 0 Å². The molecule has 4 N–H and O–H groups in total. The zero-order valence-corrected chi connectivity index (χ0v) is 17.8. The smallest absolute Gasteiger partial charge is 0.406 e. The summed E-state index contributed by atoms with van der Waals surface area (Å²) >= 11 is 0.942. The Morgan fingerprint density at radius 1 is 1.39 bits per heavy atom. The molecule has 2 heterocycles. The van der Waals surface area contributed by atoms with Crippen molar-refractivity contribution in [2.24, 2.45) is 0 Å². The van der Waals surface area contributed by atoms with Crippen molar-refractivity contribution in [3.8, 4) is 5.88 Å². The van der Waals surface area contributed by atoms with Crippen LogP contribution in [0.5, 0.6) is 5.88 Å². The van der Waals surface area contributed by atoms with E-state index in [-0.39, 0.29) is 41.1 Å². The third kappa shape index (κ3) is 5.14. The third-order valence-electron chi connectivity index (χ3n) is 4.48. The summed E-state index contributed by atoms with van der Waals surface area (Å²) < 4.78 is 60.5. The molecular weight excluding hydrogens is 456 g/mol. The monoisotopic (exact) mass is 475 g/mol. The number of thioether (sulfide) groups is 1. The van der Waals surface area contributed by atoms with Crippen molar-refractivity contribution in [3.05, 3.63) is 41.5 Å². The van der Waals surface area contributed by atoms with Gasteiger partial charge >= 0.3 is 6.09 Å². The van der Waals surface area contributed by atoms with Crippen LogP contribution in [0.2, 0.25) is 0 Å². The number of aromatic nitrogens is 2. The Kier molecular flexibility index (Phi) is 6.81. The van der Waals surface area contributed by atoms with Crippen LogP contribution in [0, 0.1) is 11.6 Å². The first kappa shape index (κ1) is 23.0. The van der Waals surface area contributed by atoms with Gasteiger partial charge in [0.25, 0.3) is 10.0 Å². The average Bonchev–Trinajstić information content (AvgIpc) is 3.18. The van der Waals surface area contributed by atoms with Gasteiger partial charge in [-0.15, -0.1) is 0 Å². The molecule has 168 valence electrons. The van der Waals surface area contributed by atoms with Crippen LogP contribution in [0.3, 0.4) is 0 Å². The van der Waals surface area contributed by atoms with Gasteiger partial charge in [-0.3, -0.25) is 10.0 Å². The molecule has 0 aliphatic carbocycles. The molecule has 1 amide bonds. The summed E-state index contributed by atoms with van der Waals surface area (Å²) in [6.07, 6.45) is -1.47. The third-order valence-corrected chi connectivity index (χ3v) is 7.34. The zero-order chi connectivity index (χ0) is 22.6. The number of hydrogen-bond acceptors (Lipinski definition) is 8. The summed E-state index contributed by atoms with van der Waals surface area (Å²) in [5.74, 6) is -2.13. The Labute approximate surface area is 180 Å². The number of nitrogens with zero attached hydrogens (tertiary/aromatic N) is 2. The minimum atomic E-state index is -4.26. The second-order valence-electron chi connectivity index (χ2n) is 6.54. The molecule has 1 atom stereocenters. The fraction of sp³-hybridized carbons (Fsp3) is 0.353. The van der Waals surface area contributed by atoms with Gasteiger partial charge in [0.2, 0.25) is 5.88 Å². The molecule has 14 heteroatoms. The fourth-order valence-electron chi connectivity index (χ4n) is 2.93. The summed E-state index contributed by atoms with van der Waals surface area (Å²) in [5, 5.41) is 14.0. The zero-order valence-electron chi connectivity index (χ0n) is 16.2. The first-order valence-corrected chi connectivity index (χ1v) is 11.4. The summed E-state index contributed by atoms with van der Waals surface area (Å²) in [6.45, 7) is 0.173. The number of sulfonamides is 1. The Morgan fingerprint density at radius 3 is 2.81 bits per heavy atom.